The van der Waals surface area contributed by atoms with Gasteiger partial charge in [-0.2, -0.15) is 0 Å². The first-order chi connectivity index (χ1) is 17.1. The molecule has 2 N–H and O–H groups in total. The largest absolute Gasteiger partial charge is 0.497 e. The van der Waals surface area contributed by atoms with Crippen LogP contribution in [0.2, 0.25) is 0 Å². The molecule has 0 aliphatic rings. The van der Waals surface area contributed by atoms with E-state index in [1.165, 1.54) is 5.56 Å². The summed E-state index contributed by atoms with van der Waals surface area (Å²) >= 11 is 0. The summed E-state index contributed by atoms with van der Waals surface area (Å²) in [5.74, 6) is 3.03. The molecule has 35 heavy (non-hydrogen) atoms. The molecule has 0 amide bonds. The summed E-state index contributed by atoms with van der Waals surface area (Å²) in [7, 11) is 5.00. The number of methoxy groups -OCH3 is 3. The monoisotopic (exact) mass is 469 g/mol. The molecule has 5 heteroatoms. The number of nitrogen functional groups attached to an aromatic ring is 1. The smallest absolute Gasteiger partial charge is 0.161 e. The standard InChI is InChI=1S/C30H31NO4/c1-32-26-11-10-23(17-25-19-27(33-2)12-13-28(25)31)24(18-26)15-22-9-14-29(34-3)30(16-22)35-20-21-7-5-4-6-8-21/h4-14,16,18-19H,15,17,20,31H2,1-3H3. The minimum absolute atomic E-state index is 0.472. The van der Waals surface area contributed by atoms with Crippen molar-refractivity contribution >= 4 is 5.69 Å². The van der Waals surface area contributed by atoms with E-state index < -0.39 is 0 Å². The highest BCUT2D eigenvalue weighted by Crippen LogP contribution is 2.32. The zero-order valence-electron chi connectivity index (χ0n) is 20.4. The molecule has 0 aliphatic heterocycles. The van der Waals surface area contributed by atoms with E-state index in [-0.39, 0.29) is 0 Å². The fourth-order valence-electron chi connectivity index (χ4n) is 4.03. The van der Waals surface area contributed by atoms with Gasteiger partial charge < -0.3 is 24.7 Å². The Bertz CT molecular complexity index is 1270. The maximum Gasteiger partial charge on any atom is 0.161 e. The van der Waals surface area contributed by atoms with Gasteiger partial charge in [0.2, 0.25) is 0 Å². The molecule has 0 bridgehead atoms. The molecule has 4 aromatic carbocycles. The van der Waals surface area contributed by atoms with Crippen LogP contribution in [-0.4, -0.2) is 21.3 Å². The van der Waals surface area contributed by atoms with Crippen molar-refractivity contribution in [1.29, 1.82) is 0 Å². The van der Waals surface area contributed by atoms with Crippen molar-refractivity contribution in [2.75, 3.05) is 27.1 Å². The summed E-state index contributed by atoms with van der Waals surface area (Å²) in [6.07, 6.45) is 1.40. The van der Waals surface area contributed by atoms with Crippen LogP contribution in [0.4, 0.5) is 5.69 Å². The van der Waals surface area contributed by atoms with Crippen molar-refractivity contribution < 1.29 is 18.9 Å². The fraction of sp³-hybridized carbons (Fsp3) is 0.200. The first kappa shape index (κ1) is 24.0. The Morgan fingerprint density at radius 3 is 2.00 bits per heavy atom. The van der Waals surface area contributed by atoms with Crippen LogP contribution in [0.3, 0.4) is 0 Å². The molecule has 0 aromatic heterocycles. The molecule has 0 spiro atoms. The van der Waals surface area contributed by atoms with Crippen molar-refractivity contribution in [1.82, 2.24) is 0 Å². The second kappa shape index (κ2) is 11.3. The third-order valence-corrected chi connectivity index (χ3v) is 6.00. The SMILES string of the molecule is COc1ccc(N)c(Cc2ccc(OC)cc2Cc2ccc(OC)c(OCc3ccccc3)c2)c1. The van der Waals surface area contributed by atoms with Crippen LogP contribution in [0, 0.1) is 0 Å². The van der Waals surface area contributed by atoms with E-state index in [0.29, 0.717) is 25.2 Å². The van der Waals surface area contributed by atoms with Crippen molar-refractivity contribution in [3.63, 3.8) is 0 Å². The normalized spacial score (nSPS) is 10.6. The molecule has 0 radical (unpaired) electrons. The zero-order valence-corrected chi connectivity index (χ0v) is 20.4. The molecular weight excluding hydrogens is 438 g/mol. The summed E-state index contributed by atoms with van der Waals surface area (Å²) in [6, 6.07) is 28.1. The van der Waals surface area contributed by atoms with Gasteiger partial charge in [0.05, 0.1) is 21.3 Å². The highest BCUT2D eigenvalue weighted by molar-refractivity contribution is 5.54. The number of nitrogens with two attached hydrogens (primary N) is 1. The van der Waals surface area contributed by atoms with Gasteiger partial charge in [-0.05, 0) is 83.1 Å². The van der Waals surface area contributed by atoms with E-state index >= 15 is 0 Å². The van der Waals surface area contributed by atoms with Gasteiger partial charge in [-0.3, -0.25) is 0 Å². The molecule has 0 fully saturated rings. The Morgan fingerprint density at radius 1 is 0.571 bits per heavy atom. The number of ether oxygens (including phenoxy) is 4. The predicted octanol–water partition coefficient (Wildman–Crippen LogP) is 6.06. The summed E-state index contributed by atoms with van der Waals surface area (Å²) in [4.78, 5) is 0. The van der Waals surface area contributed by atoms with Gasteiger partial charge in [-0.1, -0.05) is 42.5 Å². The van der Waals surface area contributed by atoms with E-state index in [0.717, 1.165) is 45.2 Å². The number of rotatable bonds is 10. The van der Waals surface area contributed by atoms with Gasteiger partial charge in [0.25, 0.3) is 0 Å². The Morgan fingerprint density at radius 2 is 1.29 bits per heavy atom. The first-order valence-electron chi connectivity index (χ1n) is 11.5. The van der Waals surface area contributed by atoms with Crippen LogP contribution in [0.5, 0.6) is 23.0 Å². The summed E-state index contributed by atoms with van der Waals surface area (Å²) in [6.45, 7) is 0.472. The highest BCUT2D eigenvalue weighted by Gasteiger charge is 2.12. The van der Waals surface area contributed by atoms with E-state index in [2.05, 4.69) is 18.2 Å². The van der Waals surface area contributed by atoms with Gasteiger partial charge in [0.1, 0.15) is 18.1 Å². The summed E-state index contributed by atoms with van der Waals surface area (Å²) in [5.41, 5.74) is 12.6. The molecule has 0 saturated heterocycles. The topological polar surface area (TPSA) is 62.9 Å². The van der Waals surface area contributed by atoms with E-state index in [4.69, 9.17) is 24.7 Å². The van der Waals surface area contributed by atoms with Crippen molar-refractivity contribution in [2.45, 2.75) is 19.4 Å². The Labute approximate surface area is 207 Å². The Kier molecular flexibility index (Phi) is 7.78. The van der Waals surface area contributed by atoms with Crippen molar-refractivity contribution in [3.05, 3.63) is 113 Å². The zero-order chi connectivity index (χ0) is 24.6. The lowest BCUT2D eigenvalue weighted by atomic mass is 9.94. The minimum Gasteiger partial charge on any atom is -0.497 e. The van der Waals surface area contributed by atoms with Crippen LogP contribution >= 0.6 is 0 Å². The second-order valence-electron chi connectivity index (χ2n) is 8.31. The average Bonchev–Trinajstić information content (AvgIpc) is 2.90. The molecule has 0 unspecified atom stereocenters. The van der Waals surface area contributed by atoms with Crippen molar-refractivity contribution in [2.24, 2.45) is 0 Å². The van der Waals surface area contributed by atoms with Gasteiger partial charge in [0, 0.05) is 5.69 Å². The molecule has 5 nitrogen and oxygen atoms in total. The molecule has 180 valence electrons. The molecular formula is C30H31NO4. The minimum atomic E-state index is 0.472. The van der Waals surface area contributed by atoms with Crippen LogP contribution in [0.15, 0.2) is 84.9 Å². The molecule has 0 atom stereocenters. The van der Waals surface area contributed by atoms with Gasteiger partial charge in [-0.25, -0.2) is 0 Å². The quantitative estimate of drug-likeness (QED) is 0.286. The molecule has 4 rings (SSSR count). The van der Waals surface area contributed by atoms with E-state index in [1.54, 1.807) is 21.3 Å². The molecule has 0 aliphatic carbocycles. The number of anilines is 1. The lowest BCUT2D eigenvalue weighted by molar-refractivity contribution is 0.284. The molecule has 0 heterocycles. The number of hydrogen-bond donors (Lipinski definition) is 1. The number of hydrogen-bond acceptors (Lipinski definition) is 5. The Hall–Kier alpha value is -4.12. The summed E-state index contributed by atoms with van der Waals surface area (Å²) < 4.78 is 22.6. The number of benzene rings is 4. The van der Waals surface area contributed by atoms with E-state index in [9.17, 15) is 0 Å². The third-order valence-electron chi connectivity index (χ3n) is 6.00. The molecule has 0 saturated carbocycles. The van der Waals surface area contributed by atoms with Crippen LogP contribution in [0.1, 0.15) is 27.8 Å². The highest BCUT2D eigenvalue weighted by atomic mass is 16.5. The van der Waals surface area contributed by atoms with Gasteiger partial charge >= 0.3 is 0 Å². The van der Waals surface area contributed by atoms with Crippen LogP contribution < -0.4 is 24.7 Å². The predicted molar refractivity (Wildman–Crippen MR) is 140 cm³/mol. The van der Waals surface area contributed by atoms with E-state index in [1.807, 2.05) is 66.7 Å². The third kappa shape index (κ3) is 6.07. The lowest BCUT2D eigenvalue weighted by Gasteiger charge is -2.16. The Balaban J connectivity index is 1.61. The van der Waals surface area contributed by atoms with Gasteiger partial charge in [0.15, 0.2) is 11.5 Å². The van der Waals surface area contributed by atoms with Crippen molar-refractivity contribution in [3.8, 4) is 23.0 Å². The van der Waals surface area contributed by atoms with Gasteiger partial charge in [-0.15, -0.1) is 0 Å². The molecule has 4 aromatic rings. The maximum absolute atomic E-state index is 6.27. The second-order valence-corrected chi connectivity index (χ2v) is 8.31. The average molecular weight is 470 g/mol. The maximum atomic E-state index is 6.27. The van der Waals surface area contributed by atoms with Crippen LogP contribution in [-0.2, 0) is 19.4 Å². The van der Waals surface area contributed by atoms with Crippen LogP contribution in [0.25, 0.3) is 0 Å². The first-order valence-corrected chi connectivity index (χ1v) is 11.5. The summed E-state index contributed by atoms with van der Waals surface area (Å²) in [5, 5.41) is 0. The fourth-order valence-corrected chi connectivity index (χ4v) is 4.03. The lowest BCUT2D eigenvalue weighted by Crippen LogP contribution is -2.02.